The summed E-state index contributed by atoms with van der Waals surface area (Å²) in [6, 6.07) is 12.8. The van der Waals surface area contributed by atoms with Gasteiger partial charge in [-0.05, 0) is 56.2 Å². The van der Waals surface area contributed by atoms with Crippen molar-refractivity contribution in [2.45, 2.75) is 25.9 Å². The van der Waals surface area contributed by atoms with E-state index in [2.05, 4.69) is 15.6 Å². The van der Waals surface area contributed by atoms with Crippen LogP contribution in [0.5, 0.6) is 5.75 Å². The van der Waals surface area contributed by atoms with Crippen LogP contribution < -0.4 is 15.4 Å². The van der Waals surface area contributed by atoms with Gasteiger partial charge in [-0.3, -0.25) is 19.5 Å². The van der Waals surface area contributed by atoms with Crippen molar-refractivity contribution in [3.63, 3.8) is 0 Å². The molecule has 2 aromatic carbocycles. The topological polar surface area (TPSA) is 83.0 Å². The highest BCUT2D eigenvalue weighted by Crippen LogP contribution is 2.22. The number of guanidine groups is 1. The average Bonchev–Trinajstić information content (AvgIpc) is 3.02. The number of aliphatic imine (C=N–C) groups is 1. The number of ether oxygens (including phenoxy) is 1. The van der Waals surface area contributed by atoms with E-state index in [4.69, 9.17) is 4.74 Å². The standard InChI is InChI=1S/C23H27FN4O3.HI/c1-16(31-18-11-9-17(24)10-12-18)15-27-23(25-2)26-13-5-6-14-28-21(29)19-7-3-4-8-20(19)22(28)30;/h3-4,7-12,16H,5-6,13-15H2,1-2H3,(H2,25,26,27);1H. The third kappa shape index (κ3) is 6.65. The van der Waals surface area contributed by atoms with Crippen molar-refractivity contribution in [2.75, 3.05) is 26.7 Å². The smallest absolute Gasteiger partial charge is 0.261 e. The molecule has 32 heavy (non-hydrogen) atoms. The lowest BCUT2D eigenvalue weighted by atomic mass is 10.1. The van der Waals surface area contributed by atoms with Crippen molar-refractivity contribution in [3.8, 4) is 5.75 Å². The lowest BCUT2D eigenvalue weighted by molar-refractivity contribution is 0.0652. The summed E-state index contributed by atoms with van der Waals surface area (Å²) < 4.78 is 18.7. The Kier molecular flexibility index (Phi) is 9.89. The molecule has 2 amide bonds. The van der Waals surface area contributed by atoms with Gasteiger partial charge in [0.15, 0.2) is 5.96 Å². The molecule has 1 unspecified atom stereocenters. The quantitative estimate of drug-likeness (QED) is 0.163. The van der Waals surface area contributed by atoms with Gasteiger partial charge in [0.2, 0.25) is 0 Å². The van der Waals surface area contributed by atoms with E-state index in [-0.39, 0.29) is 47.7 Å². The van der Waals surface area contributed by atoms with Gasteiger partial charge in [-0.2, -0.15) is 0 Å². The van der Waals surface area contributed by atoms with Gasteiger partial charge in [0.25, 0.3) is 11.8 Å². The normalized spacial score (nSPS) is 14.0. The van der Waals surface area contributed by atoms with Gasteiger partial charge in [-0.1, -0.05) is 12.1 Å². The molecule has 1 heterocycles. The second-order valence-electron chi connectivity index (χ2n) is 7.28. The van der Waals surface area contributed by atoms with Crippen molar-refractivity contribution >= 4 is 41.8 Å². The first-order valence-corrected chi connectivity index (χ1v) is 10.3. The molecule has 0 spiro atoms. The number of halogens is 2. The second kappa shape index (κ2) is 12.4. The number of benzene rings is 2. The highest BCUT2D eigenvalue weighted by molar-refractivity contribution is 14.0. The van der Waals surface area contributed by atoms with E-state index in [0.717, 1.165) is 6.42 Å². The first-order valence-electron chi connectivity index (χ1n) is 10.3. The Labute approximate surface area is 204 Å². The zero-order valence-corrected chi connectivity index (χ0v) is 20.5. The summed E-state index contributed by atoms with van der Waals surface area (Å²) in [4.78, 5) is 30.2. The van der Waals surface area contributed by atoms with Crippen LogP contribution in [0.3, 0.4) is 0 Å². The van der Waals surface area contributed by atoms with E-state index in [0.29, 0.717) is 48.9 Å². The Hall–Kier alpha value is -2.69. The van der Waals surface area contributed by atoms with Crippen molar-refractivity contribution in [1.29, 1.82) is 0 Å². The monoisotopic (exact) mass is 554 g/mol. The van der Waals surface area contributed by atoms with Crippen LogP contribution in [0.2, 0.25) is 0 Å². The van der Waals surface area contributed by atoms with Gasteiger partial charge < -0.3 is 15.4 Å². The molecule has 7 nitrogen and oxygen atoms in total. The Morgan fingerprint density at radius 1 is 1.03 bits per heavy atom. The molecule has 1 atom stereocenters. The third-order valence-corrected chi connectivity index (χ3v) is 4.91. The molecule has 0 aromatic heterocycles. The van der Waals surface area contributed by atoms with Crippen LogP contribution in [-0.2, 0) is 0 Å². The SMILES string of the molecule is CN=C(NCCCCN1C(=O)c2ccccc2C1=O)NCC(C)Oc1ccc(F)cc1.I. The van der Waals surface area contributed by atoms with Crippen LogP contribution in [0, 0.1) is 5.82 Å². The minimum atomic E-state index is -0.300. The summed E-state index contributed by atoms with van der Waals surface area (Å²) in [5.74, 6) is 0.496. The molecule has 0 bridgehead atoms. The maximum absolute atomic E-state index is 13.0. The Morgan fingerprint density at radius 2 is 1.66 bits per heavy atom. The number of imide groups is 1. The Bertz CT molecular complexity index is 918. The Balaban J connectivity index is 0.00000363. The average molecular weight is 554 g/mol. The molecule has 3 rings (SSSR count). The number of unbranched alkanes of at least 4 members (excludes halogenated alkanes) is 1. The van der Waals surface area contributed by atoms with E-state index in [1.165, 1.54) is 17.0 Å². The predicted molar refractivity (Wildman–Crippen MR) is 132 cm³/mol. The van der Waals surface area contributed by atoms with Crippen LogP contribution >= 0.6 is 24.0 Å². The van der Waals surface area contributed by atoms with Gasteiger partial charge in [-0.25, -0.2) is 4.39 Å². The summed E-state index contributed by atoms with van der Waals surface area (Å²) in [5, 5.41) is 6.39. The first kappa shape index (κ1) is 25.6. The second-order valence-corrected chi connectivity index (χ2v) is 7.28. The fraction of sp³-hybridized carbons (Fsp3) is 0.348. The molecule has 2 aromatic rings. The molecule has 2 N–H and O–H groups in total. The number of carbonyl (C=O) groups excluding carboxylic acids is 2. The minimum Gasteiger partial charge on any atom is -0.489 e. The molecule has 1 aliphatic rings. The number of carbonyl (C=O) groups is 2. The van der Waals surface area contributed by atoms with E-state index < -0.39 is 0 Å². The van der Waals surface area contributed by atoms with Gasteiger partial charge in [0.1, 0.15) is 17.7 Å². The number of amides is 2. The lowest BCUT2D eigenvalue weighted by Gasteiger charge is -2.18. The van der Waals surface area contributed by atoms with E-state index in [9.17, 15) is 14.0 Å². The van der Waals surface area contributed by atoms with E-state index in [1.54, 1.807) is 43.4 Å². The summed E-state index contributed by atoms with van der Waals surface area (Å²) in [6.07, 6.45) is 1.33. The van der Waals surface area contributed by atoms with E-state index in [1.807, 2.05) is 6.92 Å². The highest BCUT2D eigenvalue weighted by Gasteiger charge is 2.34. The molecule has 9 heteroatoms. The maximum atomic E-state index is 13.0. The molecule has 0 radical (unpaired) electrons. The number of hydrogen-bond acceptors (Lipinski definition) is 4. The first-order chi connectivity index (χ1) is 15.0. The van der Waals surface area contributed by atoms with Crippen molar-refractivity contribution in [1.82, 2.24) is 15.5 Å². The largest absolute Gasteiger partial charge is 0.489 e. The molecule has 0 saturated heterocycles. The minimum absolute atomic E-state index is 0. The summed E-state index contributed by atoms with van der Waals surface area (Å²) in [6.45, 7) is 3.47. The van der Waals surface area contributed by atoms with Gasteiger partial charge in [-0.15, -0.1) is 24.0 Å². The van der Waals surface area contributed by atoms with Crippen LogP contribution in [0.1, 0.15) is 40.5 Å². The van der Waals surface area contributed by atoms with Crippen LogP contribution in [0.4, 0.5) is 4.39 Å². The van der Waals surface area contributed by atoms with Gasteiger partial charge in [0, 0.05) is 20.1 Å². The molecule has 0 fully saturated rings. The summed E-state index contributed by atoms with van der Waals surface area (Å²) >= 11 is 0. The van der Waals surface area contributed by atoms with Gasteiger partial charge in [0.05, 0.1) is 17.7 Å². The fourth-order valence-corrected chi connectivity index (χ4v) is 3.29. The fourth-order valence-electron chi connectivity index (χ4n) is 3.29. The molecular formula is C23H28FIN4O3. The number of nitrogens with zero attached hydrogens (tertiary/aromatic N) is 2. The third-order valence-electron chi connectivity index (χ3n) is 4.91. The molecule has 172 valence electrons. The summed E-state index contributed by atoms with van der Waals surface area (Å²) in [7, 11) is 1.68. The maximum Gasteiger partial charge on any atom is 0.261 e. The summed E-state index contributed by atoms with van der Waals surface area (Å²) in [5.41, 5.74) is 0.958. The number of hydrogen-bond donors (Lipinski definition) is 2. The Morgan fingerprint density at radius 3 is 2.25 bits per heavy atom. The number of nitrogens with one attached hydrogen (secondary N) is 2. The van der Waals surface area contributed by atoms with Gasteiger partial charge >= 0.3 is 0 Å². The van der Waals surface area contributed by atoms with Crippen molar-refractivity contribution in [3.05, 3.63) is 65.5 Å². The molecule has 0 saturated carbocycles. The van der Waals surface area contributed by atoms with Crippen LogP contribution in [-0.4, -0.2) is 55.5 Å². The van der Waals surface area contributed by atoms with Crippen molar-refractivity contribution < 1.29 is 18.7 Å². The predicted octanol–water partition coefficient (Wildman–Crippen LogP) is 3.45. The number of fused-ring (bicyclic) bond motifs is 1. The number of rotatable bonds is 9. The molecule has 0 aliphatic carbocycles. The zero-order valence-electron chi connectivity index (χ0n) is 18.1. The lowest BCUT2D eigenvalue weighted by Crippen LogP contribution is -2.42. The van der Waals surface area contributed by atoms with E-state index >= 15 is 0 Å². The molecular weight excluding hydrogens is 526 g/mol. The molecule has 1 aliphatic heterocycles. The highest BCUT2D eigenvalue weighted by atomic mass is 127. The zero-order chi connectivity index (χ0) is 22.2. The van der Waals surface area contributed by atoms with Crippen LogP contribution in [0.15, 0.2) is 53.5 Å². The van der Waals surface area contributed by atoms with Crippen LogP contribution in [0.25, 0.3) is 0 Å². The van der Waals surface area contributed by atoms with Crippen molar-refractivity contribution in [2.24, 2.45) is 4.99 Å².